The van der Waals surface area contributed by atoms with E-state index in [4.69, 9.17) is 0 Å². The molecule has 0 spiro atoms. The highest BCUT2D eigenvalue weighted by Crippen LogP contribution is 2.04. The third kappa shape index (κ3) is 3.73. The van der Waals surface area contributed by atoms with Crippen LogP contribution in [0.15, 0.2) is 12.4 Å². The van der Waals surface area contributed by atoms with Crippen LogP contribution in [0.25, 0.3) is 0 Å². The maximum absolute atomic E-state index is 10.9. The van der Waals surface area contributed by atoms with Crippen molar-refractivity contribution in [1.29, 1.82) is 0 Å². The summed E-state index contributed by atoms with van der Waals surface area (Å²) in [4.78, 5) is 15.2. The Labute approximate surface area is 90.3 Å². The van der Waals surface area contributed by atoms with Crippen molar-refractivity contribution in [2.45, 2.75) is 39.2 Å². The van der Waals surface area contributed by atoms with E-state index >= 15 is 0 Å². The molecule has 0 saturated heterocycles. The number of hydrogen-bond acceptors (Lipinski definition) is 3. The lowest BCUT2D eigenvalue weighted by Crippen LogP contribution is -2.06. The number of methoxy groups -OCH3 is 1. The molecule has 0 aromatic carbocycles. The van der Waals surface area contributed by atoms with Gasteiger partial charge < -0.3 is 9.30 Å². The quantitative estimate of drug-likeness (QED) is 0.672. The predicted octanol–water partition coefficient (Wildman–Crippen LogP) is 1.79. The maximum atomic E-state index is 10.9. The van der Waals surface area contributed by atoms with Crippen LogP contribution in [-0.4, -0.2) is 22.6 Å². The van der Waals surface area contributed by atoms with Crippen molar-refractivity contribution in [1.82, 2.24) is 9.55 Å². The van der Waals surface area contributed by atoms with Gasteiger partial charge in [0.15, 0.2) is 0 Å². The zero-order valence-corrected chi connectivity index (χ0v) is 9.40. The van der Waals surface area contributed by atoms with Gasteiger partial charge in [0.2, 0.25) is 0 Å². The Balaban J connectivity index is 2.36. The van der Waals surface area contributed by atoms with Gasteiger partial charge in [-0.3, -0.25) is 4.79 Å². The predicted molar refractivity (Wildman–Crippen MR) is 57.5 cm³/mol. The number of carbonyl (C=O) groups excluding carboxylic acids is 1. The number of hydrogen-bond donors (Lipinski definition) is 0. The first-order valence-electron chi connectivity index (χ1n) is 5.34. The summed E-state index contributed by atoms with van der Waals surface area (Å²) in [7, 11) is 1.42. The molecule has 1 heterocycles. The van der Waals surface area contributed by atoms with Gasteiger partial charge in [0.05, 0.1) is 7.11 Å². The number of ether oxygens (including phenoxy) is 1. The van der Waals surface area contributed by atoms with E-state index in [1.54, 1.807) is 0 Å². The lowest BCUT2D eigenvalue weighted by Gasteiger charge is -2.06. The zero-order chi connectivity index (χ0) is 11.1. The Bertz CT molecular complexity index is 307. The highest BCUT2D eigenvalue weighted by atomic mass is 16.5. The molecule has 0 N–H and O–H groups in total. The molecule has 0 radical (unpaired) electrons. The molecule has 0 atom stereocenters. The van der Waals surface area contributed by atoms with Crippen molar-refractivity contribution in [3.05, 3.63) is 18.2 Å². The van der Waals surface area contributed by atoms with Gasteiger partial charge in [-0.25, -0.2) is 4.98 Å². The number of nitrogens with zero attached hydrogens (tertiary/aromatic N) is 2. The van der Waals surface area contributed by atoms with Crippen molar-refractivity contribution in [3.63, 3.8) is 0 Å². The molecular weight excluding hydrogens is 192 g/mol. The second kappa shape index (κ2) is 6.22. The number of rotatable bonds is 6. The van der Waals surface area contributed by atoms with E-state index in [0.29, 0.717) is 6.42 Å². The minimum Gasteiger partial charge on any atom is -0.469 e. The van der Waals surface area contributed by atoms with Crippen LogP contribution in [0.5, 0.6) is 0 Å². The average Bonchev–Trinajstić information content (AvgIpc) is 2.66. The normalized spacial score (nSPS) is 10.3. The van der Waals surface area contributed by atoms with E-state index in [0.717, 1.165) is 31.6 Å². The number of imidazole rings is 1. The van der Waals surface area contributed by atoms with Crippen LogP contribution < -0.4 is 0 Å². The van der Waals surface area contributed by atoms with Crippen molar-refractivity contribution >= 4 is 5.97 Å². The largest absolute Gasteiger partial charge is 0.469 e. The third-order valence-electron chi connectivity index (χ3n) is 2.28. The summed E-state index contributed by atoms with van der Waals surface area (Å²) >= 11 is 0. The summed E-state index contributed by atoms with van der Waals surface area (Å²) in [6, 6.07) is 0. The van der Waals surface area contributed by atoms with Crippen molar-refractivity contribution in [2.75, 3.05) is 7.11 Å². The molecule has 0 aliphatic heterocycles. The first-order valence-corrected chi connectivity index (χ1v) is 5.34. The molecule has 4 nitrogen and oxygen atoms in total. The van der Waals surface area contributed by atoms with Crippen LogP contribution in [-0.2, 0) is 22.5 Å². The van der Waals surface area contributed by atoms with Crippen LogP contribution in [0.3, 0.4) is 0 Å². The van der Waals surface area contributed by atoms with Crippen LogP contribution in [0.2, 0.25) is 0 Å². The number of carbonyl (C=O) groups is 1. The van der Waals surface area contributed by atoms with Crippen molar-refractivity contribution < 1.29 is 9.53 Å². The molecule has 4 heteroatoms. The summed E-state index contributed by atoms with van der Waals surface area (Å²) in [5.74, 6) is 0.953. The van der Waals surface area contributed by atoms with Gasteiger partial charge in [0.25, 0.3) is 0 Å². The Morgan fingerprint density at radius 1 is 1.60 bits per heavy atom. The lowest BCUT2D eigenvalue weighted by molar-refractivity contribution is -0.140. The first-order chi connectivity index (χ1) is 7.27. The van der Waals surface area contributed by atoms with Gasteiger partial charge in [-0.15, -0.1) is 0 Å². The van der Waals surface area contributed by atoms with Crippen LogP contribution >= 0.6 is 0 Å². The number of aromatic nitrogens is 2. The minimum absolute atomic E-state index is 0.146. The Morgan fingerprint density at radius 3 is 3.07 bits per heavy atom. The number of esters is 1. The molecule has 1 rings (SSSR count). The fraction of sp³-hybridized carbons (Fsp3) is 0.636. The number of aryl methyl sites for hydroxylation is 2. The first kappa shape index (κ1) is 11.8. The van der Waals surface area contributed by atoms with E-state index in [9.17, 15) is 4.79 Å². The second-order valence-electron chi connectivity index (χ2n) is 3.47. The van der Waals surface area contributed by atoms with Gasteiger partial charge >= 0.3 is 5.97 Å². The third-order valence-corrected chi connectivity index (χ3v) is 2.28. The van der Waals surface area contributed by atoms with Crippen LogP contribution in [0.4, 0.5) is 0 Å². The molecule has 0 unspecified atom stereocenters. The highest BCUT2D eigenvalue weighted by molar-refractivity contribution is 5.68. The molecule has 0 aliphatic rings. The van der Waals surface area contributed by atoms with Crippen LogP contribution in [0, 0.1) is 0 Å². The van der Waals surface area contributed by atoms with Gasteiger partial charge in [-0.2, -0.15) is 0 Å². The molecule has 0 bridgehead atoms. The lowest BCUT2D eigenvalue weighted by atomic mass is 10.3. The molecule has 84 valence electrons. The fourth-order valence-electron chi connectivity index (χ4n) is 1.49. The summed E-state index contributed by atoms with van der Waals surface area (Å²) in [6.45, 7) is 2.97. The van der Waals surface area contributed by atoms with E-state index in [1.807, 2.05) is 12.4 Å². The van der Waals surface area contributed by atoms with E-state index in [1.165, 1.54) is 7.11 Å². The molecule has 0 amide bonds. The molecule has 1 aromatic rings. The van der Waals surface area contributed by atoms with Crippen molar-refractivity contribution in [3.8, 4) is 0 Å². The summed E-state index contributed by atoms with van der Waals surface area (Å²) < 4.78 is 6.69. The molecule has 0 fully saturated rings. The van der Waals surface area contributed by atoms with E-state index in [-0.39, 0.29) is 5.97 Å². The monoisotopic (exact) mass is 210 g/mol. The molecule has 0 aliphatic carbocycles. The van der Waals surface area contributed by atoms with Gasteiger partial charge in [-0.1, -0.05) is 6.92 Å². The van der Waals surface area contributed by atoms with Gasteiger partial charge in [-0.05, 0) is 12.8 Å². The second-order valence-corrected chi connectivity index (χ2v) is 3.47. The SMILES string of the molecule is CCCc1nccn1CCCC(=O)OC. The standard InChI is InChI=1S/C11H18N2O2/c1-3-5-10-12-7-9-13(10)8-4-6-11(14)15-2/h7,9H,3-6,8H2,1-2H3. The van der Waals surface area contributed by atoms with E-state index < -0.39 is 0 Å². The molecular formula is C11H18N2O2. The molecule has 1 aromatic heterocycles. The summed E-state index contributed by atoms with van der Waals surface area (Å²) in [5.41, 5.74) is 0. The summed E-state index contributed by atoms with van der Waals surface area (Å²) in [5, 5.41) is 0. The molecule has 15 heavy (non-hydrogen) atoms. The summed E-state index contributed by atoms with van der Waals surface area (Å²) in [6.07, 6.45) is 7.13. The smallest absolute Gasteiger partial charge is 0.305 e. The minimum atomic E-state index is -0.146. The maximum Gasteiger partial charge on any atom is 0.305 e. The zero-order valence-electron chi connectivity index (χ0n) is 9.40. The van der Waals surface area contributed by atoms with Crippen LogP contribution in [0.1, 0.15) is 32.0 Å². The topological polar surface area (TPSA) is 44.1 Å². The van der Waals surface area contributed by atoms with Gasteiger partial charge in [0, 0.05) is 31.8 Å². The van der Waals surface area contributed by atoms with Gasteiger partial charge in [0.1, 0.15) is 5.82 Å². The Morgan fingerprint density at radius 2 is 2.40 bits per heavy atom. The molecule has 0 saturated carbocycles. The highest BCUT2D eigenvalue weighted by Gasteiger charge is 2.03. The Kier molecular flexibility index (Phi) is 4.87. The Hall–Kier alpha value is -1.32. The average molecular weight is 210 g/mol. The fourth-order valence-corrected chi connectivity index (χ4v) is 1.49. The van der Waals surface area contributed by atoms with Crippen molar-refractivity contribution in [2.24, 2.45) is 0 Å². The van der Waals surface area contributed by atoms with E-state index in [2.05, 4.69) is 21.2 Å².